The predicted octanol–water partition coefficient (Wildman–Crippen LogP) is 3.24. The zero-order chi connectivity index (χ0) is 24.8. The first kappa shape index (κ1) is 24.4. The maximum Gasteiger partial charge on any atom is 0.262 e. The van der Waals surface area contributed by atoms with E-state index in [2.05, 4.69) is 5.32 Å². The highest BCUT2D eigenvalue weighted by Crippen LogP contribution is 2.40. The van der Waals surface area contributed by atoms with Crippen molar-refractivity contribution in [2.24, 2.45) is 5.73 Å². The highest BCUT2D eigenvalue weighted by atomic mass is 32.1. The number of anilines is 1. The van der Waals surface area contributed by atoms with Gasteiger partial charge in [0, 0.05) is 18.0 Å². The quantitative estimate of drug-likeness (QED) is 0.501. The van der Waals surface area contributed by atoms with Crippen LogP contribution in [0.3, 0.4) is 0 Å². The van der Waals surface area contributed by atoms with E-state index >= 15 is 0 Å². The molecule has 0 saturated carbocycles. The zero-order valence-corrected chi connectivity index (χ0v) is 20.2. The summed E-state index contributed by atoms with van der Waals surface area (Å²) >= 11 is 1.38. The largest absolute Gasteiger partial charge is 0.484 e. The Morgan fingerprint density at radius 1 is 1.06 bits per heavy atom. The van der Waals surface area contributed by atoms with Crippen LogP contribution < -0.4 is 15.8 Å². The van der Waals surface area contributed by atoms with Gasteiger partial charge in [-0.25, -0.2) is 0 Å². The molecule has 3 aromatic rings. The second kappa shape index (κ2) is 11.2. The van der Waals surface area contributed by atoms with Gasteiger partial charge in [0.05, 0.1) is 25.2 Å². The molecule has 0 atom stereocenters. The minimum atomic E-state index is -0.415. The van der Waals surface area contributed by atoms with Crippen LogP contribution in [-0.2, 0) is 20.7 Å². The summed E-state index contributed by atoms with van der Waals surface area (Å²) in [5, 5.41) is 3.39. The highest BCUT2D eigenvalue weighted by Gasteiger charge is 2.28. The number of nitrogens with two attached hydrogens (primary N) is 1. The molecule has 0 radical (unpaired) electrons. The Morgan fingerprint density at radius 2 is 1.74 bits per heavy atom. The Balaban J connectivity index is 1.51. The average molecular weight is 494 g/mol. The van der Waals surface area contributed by atoms with Gasteiger partial charge in [0.15, 0.2) is 6.61 Å². The molecular weight excluding hydrogens is 466 g/mol. The minimum absolute atomic E-state index is 0.120. The van der Waals surface area contributed by atoms with Gasteiger partial charge in [-0.2, -0.15) is 0 Å². The molecule has 2 aromatic carbocycles. The molecule has 1 fully saturated rings. The third kappa shape index (κ3) is 6.06. The van der Waals surface area contributed by atoms with Crippen LogP contribution >= 0.6 is 11.3 Å². The van der Waals surface area contributed by atoms with E-state index in [1.807, 2.05) is 37.3 Å². The van der Waals surface area contributed by atoms with Crippen molar-refractivity contribution in [1.29, 1.82) is 0 Å². The normalized spacial score (nSPS) is 13.3. The molecule has 8 nitrogen and oxygen atoms in total. The van der Waals surface area contributed by atoms with Gasteiger partial charge in [0.25, 0.3) is 11.8 Å². The molecule has 182 valence electrons. The lowest BCUT2D eigenvalue weighted by Gasteiger charge is -2.27. The van der Waals surface area contributed by atoms with Crippen LogP contribution in [0.2, 0.25) is 0 Å². The molecule has 3 N–H and O–H groups in total. The number of nitrogens with one attached hydrogen (secondary N) is 1. The number of amides is 3. The smallest absolute Gasteiger partial charge is 0.262 e. The summed E-state index contributed by atoms with van der Waals surface area (Å²) in [5.74, 6) is -0.416. The van der Waals surface area contributed by atoms with Gasteiger partial charge in [-0.05, 0) is 35.7 Å². The van der Waals surface area contributed by atoms with Gasteiger partial charge in [-0.3, -0.25) is 14.4 Å². The summed E-state index contributed by atoms with van der Waals surface area (Å²) in [7, 11) is 0. The van der Waals surface area contributed by atoms with Crippen LogP contribution in [0.25, 0.3) is 10.4 Å². The molecule has 1 saturated heterocycles. The first-order chi connectivity index (χ1) is 16.9. The Morgan fingerprint density at radius 3 is 2.40 bits per heavy atom. The van der Waals surface area contributed by atoms with Crippen molar-refractivity contribution in [3.05, 3.63) is 71.3 Å². The van der Waals surface area contributed by atoms with Gasteiger partial charge in [-0.15, -0.1) is 11.3 Å². The van der Waals surface area contributed by atoms with Crippen molar-refractivity contribution in [2.45, 2.75) is 13.3 Å². The van der Waals surface area contributed by atoms with E-state index in [1.54, 1.807) is 29.2 Å². The number of morpholine rings is 1. The van der Waals surface area contributed by atoms with Crippen molar-refractivity contribution in [1.82, 2.24) is 4.90 Å². The lowest BCUT2D eigenvalue weighted by Crippen LogP contribution is -2.41. The van der Waals surface area contributed by atoms with Crippen molar-refractivity contribution in [2.75, 3.05) is 38.2 Å². The lowest BCUT2D eigenvalue weighted by molar-refractivity contribution is -0.118. The van der Waals surface area contributed by atoms with Gasteiger partial charge >= 0.3 is 0 Å². The third-order valence-corrected chi connectivity index (χ3v) is 6.88. The van der Waals surface area contributed by atoms with Crippen LogP contribution in [0.5, 0.6) is 5.75 Å². The minimum Gasteiger partial charge on any atom is -0.484 e. The molecule has 2 heterocycles. The van der Waals surface area contributed by atoms with E-state index in [1.165, 1.54) is 11.3 Å². The van der Waals surface area contributed by atoms with E-state index in [0.29, 0.717) is 42.6 Å². The number of nitrogens with zero attached hydrogens (tertiary/aromatic N) is 1. The van der Waals surface area contributed by atoms with E-state index in [4.69, 9.17) is 15.2 Å². The van der Waals surface area contributed by atoms with E-state index < -0.39 is 5.91 Å². The summed E-state index contributed by atoms with van der Waals surface area (Å²) in [6, 6.07) is 16.6. The number of hydrogen-bond acceptors (Lipinski definition) is 6. The number of primary amides is 1. The molecule has 1 aliphatic rings. The lowest BCUT2D eigenvalue weighted by atomic mass is 10.1. The van der Waals surface area contributed by atoms with Crippen LogP contribution in [0.4, 0.5) is 5.00 Å². The van der Waals surface area contributed by atoms with Crippen LogP contribution in [0.1, 0.15) is 21.5 Å². The number of benzene rings is 2. The summed E-state index contributed by atoms with van der Waals surface area (Å²) in [5.41, 5.74) is 8.29. The van der Waals surface area contributed by atoms with Crippen molar-refractivity contribution >= 4 is 34.1 Å². The maximum absolute atomic E-state index is 13.4. The number of ether oxygens (including phenoxy) is 2. The maximum atomic E-state index is 13.4. The van der Waals surface area contributed by atoms with E-state index in [9.17, 15) is 14.4 Å². The topological polar surface area (TPSA) is 111 Å². The molecule has 0 spiro atoms. The monoisotopic (exact) mass is 493 g/mol. The molecule has 1 aliphatic heterocycles. The Hall–Kier alpha value is -3.69. The first-order valence-electron chi connectivity index (χ1n) is 11.3. The molecule has 35 heavy (non-hydrogen) atoms. The van der Waals surface area contributed by atoms with Crippen molar-refractivity contribution in [3.8, 4) is 16.2 Å². The molecule has 1 aromatic heterocycles. The fraction of sp³-hybridized carbons (Fsp3) is 0.269. The SMILES string of the molecule is Cc1c(-c2ccccc2)sc(NC(=O)COc2ccc(CC(N)=O)cc2)c1C(=O)N1CCOCC1. The molecular formula is C26H27N3O5S. The fourth-order valence-electron chi connectivity index (χ4n) is 3.86. The number of carbonyl (C=O) groups is 3. The third-order valence-electron chi connectivity index (χ3n) is 5.62. The Kier molecular flexibility index (Phi) is 7.79. The number of thiophene rings is 1. The highest BCUT2D eigenvalue weighted by molar-refractivity contribution is 7.20. The standard InChI is InChI=1S/C26H27N3O5S/c1-17-23(26(32)29-11-13-33-14-12-29)25(35-24(17)19-5-3-2-4-6-19)28-22(31)16-34-20-9-7-18(8-10-20)15-21(27)30/h2-10H,11-16H2,1H3,(H2,27,30)(H,28,31). The molecule has 4 rings (SSSR count). The number of rotatable bonds is 8. The molecule has 0 aliphatic carbocycles. The molecule has 3 amide bonds. The average Bonchev–Trinajstić information content (AvgIpc) is 3.19. The zero-order valence-electron chi connectivity index (χ0n) is 19.4. The predicted molar refractivity (Wildman–Crippen MR) is 135 cm³/mol. The second-order valence-corrected chi connectivity index (χ2v) is 9.18. The van der Waals surface area contributed by atoms with Gasteiger partial charge in [0.1, 0.15) is 10.8 Å². The van der Waals surface area contributed by atoms with Gasteiger partial charge < -0.3 is 25.4 Å². The Bertz CT molecular complexity index is 1200. The Labute approximate surface area is 207 Å². The van der Waals surface area contributed by atoms with E-state index in [0.717, 1.165) is 21.6 Å². The molecule has 9 heteroatoms. The van der Waals surface area contributed by atoms with Crippen molar-refractivity contribution < 1.29 is 23.9 Å². The first-order valence-corrected chi connectivity index (χ1v) is 12.1. The van der Waals surface area contributed by atoms with Crippen molar-refractivity contribution in [3.63, 3.8) is 0 Å². The molecule has 0 bridgehead atoms. The summed E-state index contributed by atoms with van der Waals surface area (Å²) in [6.45, 7) is 3.70. The summed E-state index contributed by atoms with van der Waals surface area (Å²) in [6.07, 6.45) is 0.141. The summed E-state index contributed by atoms with van der Waals surface area (Å²) in [4.78, 5) is 39.9. The summed E-state index contributed by atoms with van der Waals surface area (Å²) < 4.78 is 11.0. The number of carbonyl (C=O) groups excluding carboxylic acids is 3. The molecule has 0 unspecified atom stereocenters. The van der Waals surface area contributed by atoms with Gasteiger partial charge in [-0.1, -0.05) is 42.5 Å². The van der Waals surface area contributed by atoms with Crippen LogP contribution in [0.15, 0.2) is 54.6 Å². The van der Waals surface area contributed by atoms with E-state index in [-0.39, 0.29) is 24.8 Å². The van der Waals surface area contributed by atoms with Gasteiger partial charge in [0.2, 0.25) is 5.91 Å². The number of hydrogen-bond donors (Lipinski definition) is 2. The van der Waals surface area contributed by atoms with Crippen LogP contribution in [0, 0.1) is 6.92 Å². The van der Waals surface area contributed by atoms with Crippen LogP contribution in [-0.4, -0.2) is 55.5 Å². The fourth-order valence-corrected chi connectivity index (χ4v) is 5.09. The second-order valence-electron chi connectivity index (χ2n) is 8.15.